The molecular formula is C13H21N3. The van der Waals surface area contributed by atoms with E-state index in [1.807, 2.05) is 12.5 Å². The monoisotopic (exact) mass is 219 g/mol. The normalized spacial score (nSPS) is 25.1. The van der Waals surface area contributed by atoms with Crippen molar-refractivity contribution in [3.8, 4) is 0 Å². The summed E-state index contributed by atoms with van der Waals surface area (Å²) in [6.45, 7) is 2.32. The van der Waals surface area contributed by atoms with E-state index in [0.717, 1.165) is 19.0 Å². The Kier molecular flexibility index (Phi) is 2.96. The fourth-order valence-electron chi connectivity index (χ4n) is 2.70. The van der Waals surface area contributed by atoms with E-state index in [-0.39, 0.29) is 0 Å². The van der Waals surface area contributed by atoms with Crippen molar-refractivity contribution in [3.05, 3.63) is 18.2 Å². The third-order valence-corrected chi connectivity index (χ3v) is 3.87. The zero-order valence-electron chi connectivity index (χ0n) is 9.86. The van der Waals surface area contributed by atoms with Crippen LogP contribution in [0.3, 0.4) is 0 Å². The van der Waals surface area contributed by atoms with Crippen LogP contribution in [0.2, 0.25) is 0 Å². The van der Waals surface area contributed by atoms with Crippen LogP contribution in [-0.4, -0.2) is 16.1 Å². The van der Waals surface area contributed by atoms with Crippen molar-refractivity contribution in [3.63, 3.8) is 0 Å². The van der Waals surface area contributed by atoms with Gasteiger partial charge in [0.15, 0.2) is 0 Å². The summed E-state index contributed by atoms with van der Waals surface area (Å²) in [6.07, 6.45) is 12.3. The molecule has 3 heteroatoms. The number of hydrogen-bond acceptors (Lipinski definition) is 2. The lowest BCUT2D eigenvalue weighted by molar-refractivity contribution is 0.525. The Labute approximate surface area is 97.3 Å². The largest absolute Gasteiger partial charge is 0.333 e. The molecule has 1 aliphatic carbocycles. The maximum atomic E-state index is 4.30. The van der Waals surface area contributed by atoms with Gasteiger partial charge in [-0.1, -0.05) is 12.8 Å². The molecule has 0 spiro atoms. The third kappa shape index (κ3) is 2.29. The first kappa shape index (κ1) is 10.3. The molecule has 1 aromatic heterocycles. The molecule has 1 N–H and O–H groups in total. The van der Waals surface area contributed by atoms with E-state index in [4.69, 9.17) is 0 Å². The van der Waals surface area contributed by atoms with E-state index in [2.05, 4.69) is 14.9 Å². The molecule has 0 radical (unpaired) electrons. The quantitative estimate of drug-likeness (QED) is 0.824. The third-order valence-electron chi connectivity index (χ3n) is 3.87. The zero-order chi connectivity index (χ0) is 10.8. The van der Waals surface area contributed by atoms with E-state index in [9.17, 15) is 0 Å². The van der Waals surface area contributed by atoms with Gasteiger partial charge in [-0.3, -0.25) is 0 Å². The maximum absolute atomic E-state index is 4.30. The molecule has 16 heavy (non-hydrogen) atoms. The van der Waals surface area contributed by atoms with E-state index in [1.165, 1.54) is 44.2 Å². The van der Waals surface area contributed by atoms with Crippen LogP contribution in [0.4, 0.5) is 0 Å². The van der Waals surface area contributed by atoms with Crippen molar-refractivity contribution >= 4 is 0 Å². The lowest BCUT2D eigenvalue weighted by Gasteiger charge is -2.13. The van der Waals surface area contributed by atoms with Crippen LogP contribution in [0.25, 0.3) is 0 Å². The smallest absolute Gasteiger partial charge is 0.0948 e. The van der Waals surface area contributed by atoms with Gasteiger partial charge in [0.25, 0.3) is 0 Å². The fraction of sp³-hybridized carbons (Fsp3) is 0.769. The minimum absolute atomic E-state index is 0.559. The second-order valence-corrected chi connectivity index (χ2v) is 5.25. The Morgan fingerprint density at radius 2 is 2.31 bits per heavy atom. The summed E-state index contributed by atoms with van der Waals surface area (Å²) in [4.78, 5) is 4.30. The molecular weight excluding hydrogens is 198 g/mol. The van der Waals surface area contributed by atoms with Crippen LogP contribution in [0.5, 0.6) is 0 Å². The maximum Gasteiger partial charge on any atom is 0.0948 e. The van der Waals surface area contributed by atoms with Gasteiger partial charge in [0.2, 0.25) is 0 Å². The molecule has 3 nitrogen and oxygen atoms in total. The van der Waals surface area contributed by atoms with Crippen molar-refractivity contribution < 1.29 is 0 Å². The number of rotatable bonds is 5. The van der Waals surface area contributed by atoms with Gasteiger partial charge in [0, 0.05) is 18.8 Å². The standard InChI is InChI=1S/C13H21N3/c1-4-12(15-7-1)13-9-14-10-16(13)8-2-3-11-5-6-11/h9-12,15H,1-8H2/t12-/m0/s1. The molecule has 1 saturated carbocycles. The summed E-state index contributed by atoms with van der Waals surface area (Å²) < 4.78 is 2.35. The first-order valence-corrected chi connectivity index (χ1v) is 6.67. The Balaban J connectivity index is 1.57. The highest BCUT2D eigenvalue weighted by Crippen LogP contribution is 2.33. The van der Waals surface area contributed by atoms with Gasteiger partial charge in [-0.15, -0.1) is 0 Å². The van der Waals surface area contributed by atoms with Gasteiger partial charge in [-0.25, -0.2) is 4.98 Å². The molecule has 0 unspecified atom stereocenters. The second-order valence-electron chi connectivity index (χ2n) is 5.25. The summed E-state index contributed by atoms with van der Waals surface area (Å²) in [5.74, 6) is 1.05. The molecule has 1 saturated heterocycles. The van der Waals surface area contributed by atoms with Crippen LogP contribution in [0.15, 0.2) is 12.5 Å². The topological polar surface area (TPSA) is 29.9 Å². The molecule has 1 atom stereocenters. The van der Waals surface area contributed by atoms with Crippen LogP contribution < -0.4 is 5.32 Å². The van der Waals surface area contributed by atoms with Crippen LogP contribution >= 0.6 is 0 Å². The van der Waals surface area contributed by atoms with Crippen LogP contribution in [0.1, 0.15) is 50.3 Å². The minimum Gasteiger partial charge on any atom is -0.333 e. The summed E-state index contributed by atoms with van der Waals surface area (Å²) in [6, 6.07) is 0.559. The Morgan fingerprint density at radius 3 is 3.06 bits per heavy atom. The van der Waals surface area contributed by atoms with Crippen molar-refractivity contribution in [2.45, 2.75) is 51.1 Å². The number of aryl methyl sites for hydroxylation is 1. The highest BCUT2D eigenvalue weighted by atomic mass is 15.1. The van der Waals surface area contributed by atoms with Crippen molar-refractivity contribution in [2.75, 3.05) is 6.54 Å². The van der Waals surface area contributed by atoms with Crippen molar-refractivity contribution in [2.24, 2.45) is 5.92 Å². The summed E-state index contributed by atoms with van der Waals surface area (Å²) >= 11 is 0. The minimum atomic E-state index is 0.559. The molecule has 2 aliphatic rings. The summed E-state index contributed by atoms with van der Waals surface area (Å²) in [7, 11) is 0. The van der Waals surface area contributed by atoms with Gasteiger partial charge < -0.3 is 9.88 Å². The number of nitrogens with zero attached hydrogens (tertiary/aromatic N) is 2. The lowest BCUT2D eigenvalue weighted by atomic mass is 10.1. The van der Waals surface area contributed by atoms with Crippen LogP contribution in [0, 0.1) is 5.92 Å². The van der Waals surface area contributed by atoms with Gasteiger partial charge >= 0.3 is 0 Å². The fourth-order valence-corrected chi connectivity index (χ4v) is 2.70. The lowest BCUT2D eigenvalue weighted by Crippen LogP contribution is -2.16. The van der Waals surface area contributed by atoms with Gasteiger partial charge in [0.1, 0.15) is 0 Å². The number of imidazole rings is 1. The Hall–Kier alpha value is -0.830. The number of nitrogens with one attached hydrogen (secondary N) is 1. The first-order valence-electron chi connectivity index (χ1n) is 6.67. The highest BCUT2D eigenvalue weighted by Gasteiger charge is 2.22. The Morgan fingerprint density at radius 1 is 1.38 bits per heavy atom. The first-order chi connectivity index (χ1) is 7.93. The van der Waals surface area contributed by atoms with Gasteiger partial charge in [-0.05, 0) is 38.1 Å². The second kappa shape index (κ2) is 4.58. The molecule has 88 valence electrons. The molecule has 0 aromatic carbocycles. The average molecular weight is 219 g/mol. The average Bonchev–Trinajstić information content (AvgIpc) is 2.82. The molecule has 2 heterocycles. The van der Waals surface area contributed by atoms with Crippen molar-refractivity contribution in [1.29, 1.82) is 0 Å². The zero-order valence-corrected chi connectivity index (χ0v) is 9.86. The highest BCUT2D eigenvalue weighted by molar-refractivity contribution is 5.07. The van der Waals surface area contributed by atoms with Crippen LogP contribution in [-0.2, 0) is 6.54 Å². The van der Waals surface area contributed by atoms with E-state index >= 15 is 0 Å². The molecule has 1 aliphatic heterocycles. The van der Waals surface area contributed by atoms with E-state index in [0.29, 0.717) is 6.04 Å². The van der Waals surface area contributed by atoms with Crippen molar-refractivity contribution in [1.82, 2.24) is 14.9 Å². The summed E-state index contributed by atoms with van der Waals surface area (Å²) in [5.41, 5.74) is 1.40. The Bertz CT molecular complexity index is 335. The van der Waals surface area contributed by atoms with E-state index < -0.39 is 0 Å². The molecule has 1 aromatic rings. The predicted octanol–water partition coefficient (Wildman–Crippen LogP) is 2.50. The van der Waals surface area contributed by atoms with Gasteiger partial charge in [0.05, 0.1) is 12.0 Å². The summed E-state index contributed by atoms with van der Waals surface area (Å²) in [5, 5.41) is 3.55. The molecule has 0 bridgehead atoms. The SMILES string of the molecule is c1ncn(CCCC2CC2)c1[C@@H]1CCCN1. The van der Waals surface area contributed by atoms with Gasteiger partial charge in [-0.2, -0.15) is 0 Å². The molecule has 2 fully saturated rings. The number of aromatic nitrogens is 2. The predicted molar refractivity (Wildman–Crippen MR) is 64.2 cm³/mol. The number of hydrogen-bond donors (Lipinski definition) is 1. The van der Waals surface area contributed by atoms with E-state index in [1.54, 1.807) is 0 Å². The molecule has 3 rings (SSSR count). The molecule has 0 amide bonds.